The van der Waals surface area contributed by atoms with Gasteiger partial charge in [-0.25, -0.2) is 15.5 Å². The van der Waals surface area contributed by atoms with Gasteiger partial charge in [0.2, 0.25) is 5.13 Å². The van der Waals surface area contributed by atoms with Crippen LogP contribution in [0.1, 0.15) is 13.3 Å². The number of fused-ring (bicyclic) bond motifs is 2. The largest absolute Gasteiger partial charge is 0.495 e. The lowest BCUT2D eigenvalue weighted by Gasteiger charge is -2.11. The van der Waals surface area contributed by atoms with Gasteiger partial charge in [-0.05, 0) is 114 Å². The molecule has 1 aromatic heterocycles. The Kier molecular flexibility index (Phi) is 19.6. The summed E-state index contributed by atoms with van der Waals surface area (Å²) in [4.78, 5) is 5.21. The van der Waals surface area contributed by atoms with E-state index in [0.717, 1.165) is 28.5 Å². The Hall–Kier alpha value is -9.10. The molecule has 0 amide bonds. The van der Waals surface area contributed by atoms with Crippen LogP contribution in [0.25, 0.3) is 32.8 Å². The fraction of sp³-hybridized carbons (Fsp3) is 0.0600. The fourth-order valence-corrected chi connectivity index (χ4v) is 10.9. The first-order valence-corrected chi connectivity index (χ1v) is 30.8. The van der Waals surface area contributed by atoms with E-state index in [1.807, 2.05) is 42.5 Å². The number of azo groups is 1. The monoisotopic (exact) mass is 1250 g/mol. The molecule has 33 heteroatoms. The van der Waals surface area contributed by atoms with Crippen molar-refractivity contribution < 1.29 is 69.6 Å². The minimum atomic E-state index is -5.00. The first kappa shape index (κ1) is 63.1. The van der Waals surface area contributed by atoms with Crippen molar-refractivity contribution in [3.8, 4) is 35.4 Å². The lowest BCUT2D eigenvalue weighted by Crippen LogP contribution is -2.13. The van der Waals surface area contributed by atoms with E-state index < -0.39 is 76.0 Å². The lowest BCUT2D eigenvalue weighted by molar-refractivity contribution is 0.417. The molecule has 0 atom stereocenters. The van der Waals surface area contributed by atoms with Gasteiger partial charge in [0, 0.05) is 39.5 Å². The van der Waals surface area contributed by atoms with Crippen molar-refractivity contribution >= 4 is 128 Å². The maximum absolute atomic E-state index is 11.4. The molecule has 7 aromatic carbocycles. The van der Waals surface area contributed by atoms with Crippen LogP contribution in [0.3, 0.4) is 0 Å². The molecule has 27 nitrogen and oxygen atoms in total. The third kappa shape index (κ3) is 16.5. The molecule has 1 heterocycles. The van der Waals surface area contributed by atoms with Gasteiger partial charge in [0.1, 0.15) is 27.1 Å². The number of allylic oxidation sites excluding steroid dienone is 1. The Balaban J connectivity index is 0.000000202. The molecule has 0 radical (unpaired) electrons. The predicted octanol–water partition coefficient (Wildman–Crippen LogP) is 9.67. The number of aromatic nitrogens is 1. The van der Waals surface area contributed by atoms with Gasteiger partial charge in [-0.3, -0.25) is 22.8 Å². The molecular formula is C50H43N11O16S6. The molecule has 12 N–H and O–H groups in total. The summed E-state index contributed by atoms with van der Waals surface area (Å²) in [7, 11) is -22.0. The summed E-state index contributed by atoms with van der Waals surface area (Å²) >= 11 is 1.21. The zero-order valence-electron chi connectivity index (χ0n) is 42.5. The number of nitrogens with zero attached hydrogens (tertiary/aromatic N) is 6. The number of anilines is 4. The highest BCUT2D eigenvalue weighted by Gasteiger charge is 2.25. The topological polar surface area (TPSA) is 467 Å². The number of ether oxygens (including phenoxy) is 1. The number of methoxy groups -OCH3 is 1. The Morgan fingerprint density at radius 1 is 0.675 bits per heavy atom. The Morgan fingerprint density at radius 2 is 1.23 bits per heavy atom. The second kappa shape index (κ2) is 25.8. The van der Waals surface area contributed by atoms with E-state index in [4.69, 9.17) is 41.8 Å². The highest BCUT2D eigenvalue weighted by atomic mass is 32.2. The minimum Gasteiger partial charge on any atom is -0.495 e. The van der Waals surface area contributed by atoms with Crippen molar-refractivity contribution in [1.29, 1.82) is 10.8 Å². The molecule has 0 saturated heterocycles. The third-order valence-electron chi connectivity index (χ3n) is 11.0. The number of terminal acetylenes is 1. The number of nitrogen functional groups attached to an aromatic ring is 2. The summed E-state index contributed by atoms with van der Waals surface area (Å²) in [6.45, 7) is 1.73. The number of rotatable bonds is 15. The summed E-state index contributed by atoms with van der Waals surface area (Å²) in [5.41, 5.74) is 22.0. The van der Waals surface area contributed by atoms with E-state index >= 15 is 0 Å². The normalized spacial score (nSPS) is 12.4. The summed E-state index contributed by atoms with van der Waals surface area (Å²) in [5, 5.41) is 29.3. The molecule has 0 spiro atoms. The maximum Gasteiger partial charge on any atom is 0.295 e. The van der Waals surface area contributed by atoms with E-state index in [-0.39, 0.29) is 32.7 Å². The fourth-order valence-electron chi connectivity index (χ4n) is 7.15. The SMILES string of the molecule is C#C/C(=N\C(Nc1ccc(S(=O)(=O)O)cc1)=C(\C#N)CC)Nc1ccc(S(=O)(=O)O)cc1.COc1cc(N=Nc2sc(N=N)nc2-c2ccc3ccccc3c2)ccc1N.Nc1cc(S(=O)(=O)O)c2cc(S(=O)(=O)O)cc(S(=O)(=O)O)c2c1. The number of thiazole rings is 1. The van der Waals surface area contributed by atoms with Crippen LogP contribution < -0.4 is 26.8 Å². The lowest BCUT2D eigenvalue weighted by atomic mass is 10.1. The number of nitrogens with one attached hydrogen (secondary N) is 3. The van der Waals surface area contributed by atoms with E-state index in [1.54, 1.807) is 32.2 Å². The van der Waals surface area contributed by atoms with Gasteiger partial charge in [0.05, 0.1) is 44.8 Å². The van der Waals surface area contributed by atoms with Crippen LogP contribution in [0, 0.1) is 29.2 Å². The molecule has 430 valence electrons. The number of nitriles is 1. The average Bonchev–Trinajstić information content (AvgIpc) is 3.27. The van der Waals surface area contributed by atoms with Crippen LogP contribution in [0.15, 0.2) is 190 Å². The number of amidine groups is 1. The van der Waals surface area contributed by atoms with E-state index in [2.05, 4.69) is 47.9 Å². The number of hydrogen-bond donors (Lipinski definition) is 10. The molecule has 8 rings (SSSR count). The van der Waals surface area contributed by atoms with E-state index in [1.165, 1.54) is 59.9 Å². The highest BCUT2D eigenvalue weighted by Crippen LogP contribution is 2.41. The van der Waals surface area contributed by atoms with Crippen molar-refractivity contribution in [1.82, 2.24) is 4.98 Å². The summed E-state index contributed by atoms with van der Waals surface area (Å²) < 4.78 is 164. The second-order valence-electron chi connectivity index (χ2n) is 16.6. The Bertz CT molecular complexity index is 4620. The molecule has 0 saturated carbocycles. The Labute approximate surface area is 478 Å². The second-order valence-corrected chi connectivity index (χ2v) is 24.6. The van der Waals surface area contributed by atoms with Gasteiger partial charge in [0.15, 0.2) is 10.8 Å². The van der Waals surface area contributed by atoms with Gasteiger partial charge >= 0.3 is 0 Å². The standard InChI is InChI=1S/C20H16N6OS.C20H18N4O6S2.C10H9NO9S3/c1-27-17-11-15(8-9-16(17)21)25-26-19-18(23-20(24-22)28-19)14-7-6-12-4-2-3-5-13(12)10-14;1-3-14(13-21)20(23-16-7-11-18(12-8-16)32(28,29)30)24-19(4-2)22-15-5-9-17(10-6-15)31(25,26)27;11-5-1-7-8(9(2-5)22(15,16)17)3-6(21(12,13)14)4-10(7)23(18,19)20/h2-11,22H,21H2,1H3;2,5-12,23H,3H2,1H3,(H,22,24)(H,25,26,27)(H,28,29,30);1-4H,11H2,(H,12,13,14)(H,15,16,17)(H,18,19,20)/b;20-14+;. The number of aliphatic imine (C=N–C) groups is 1. The van der Waals surface area contributed by atoms with Gasteiger partial charge in [-0.15, -0.1) is 21.8 Å². The number of nitrogens with two attached hydrogens (primary N) is 2. The summed E-state index contributed by atoms with van der Waals surface area (Å²) in [5.74, 6) is 2.95. The van der Waals surface area contributed by atoms with Gasteiger partial charge in [0.25, 0.3) is 50.6 Å². The number of benzene rings is 7. The van der Waals surface area contributed by atoms with Gasteiger partial charge in [-0.2, -0.15) is 47.4 Å². The van der Waals surface area contributed by atoms with Crippen molar-refractivity contribution in [2.24, 2.45) is 20.3 Å². The van der Waals surface area contributed by atoms with Crippen LogP contribution >= 0.6 is 11.3 Å². The van der Waals surface area contributed by atoms with Crippen molar-refractivity contribution in [2.75, 3.05) is 29.2 Å². The molecule has 0 unspecified atom stereocenters. The molecule has 0 bridgehead atoms. The average molecular weight is 1250 g/mol. The zero-order valence-corrected chi connectivity index (χ0v) is 47.4. The molecule has 0 fully saturated rings. The molecule has 0 aliphatic rings. The Morgan fingerprint density at radius 3 is 1.75 bits per heavy atom. The molecule has 0 aliphatic heterocycles. The van der Waals surface area contributed by atoms with Crippen molar-refractivity contribution in [3.05, 3.63) is 145 Å². The highest BCUT2D eigenvalue weighted by molar-refractivity contribution is 7.87. The van der Waals surface area contributed by atoms with Crippen LogP contribution in [0.5, 0.6) is 5.75 Å². The van der Waals surface area contributed by atoms with Gasteiger partial charge < -0.3 is 26.8 Å². The van der Waals surface area contributed by atoms with Crippen LogP contribution in [-0.2, 0) is 50.6 Å². The first-order chi connectivity index (χ1) is 38.9. The third-order valence-corrected chi connectivity index (χ3v) is 16.2. The van der Waals surface area contributed by atoms with Crippen LogP contribution in [0.4, 0.5) is 38.6 Å². The van der Waals surface area contributed by atoms with E-state index in [0.29, 0.717) is 62.9 Å². The number of hydrogen-bond acceptors (Lipinski definition) is 22. The zero-order chi connectivity index (χ0) is 61.2. The smallest absolute Gasteiger partial charge is 0.295 e. The minimum absolute atomic E-state index is 0.0112. The van der Waals surface area contributed by atoms with Crippen LogP contribution in [0.2, 0.25) is 0 Å². The molecular weight excluding hydrogens is 1200 g/mol. The van der Waals surface area contributed by atoms with Crippen molar-refractivity contribution in [2.45, 2.75) is 37.8 Å². The quantitative estimate of drug-likeness (QED) is 0.00867. The van der Waals surface area contributed by atoms with Crippen LogP contribution in [-0.4, -0.2) is 82.8 Å². The summed E-state index contributed by atoms with van der Waals surface area (Å²) in [6.07, 6.45) is 5.82. The van der Waals surface area contributed by atoms with Crippen molar-refractivity contribution in [3.63, 3.8) is 0 Å². The molecule has 8 aromatic rings. The summed E-state index contributed by atoms with van der Waals surface area (Å²) in [6, 6.07) is 34.3. The maximum atomic E-state index is 11.4. The first-order valence-electron chi connectivity index (χ1n) is 22.8. The molecule has 83 heavy (non-hydrogen) atoms. The van der Waals surface area contributed by atoms with E-state index in [9.17, 15) is 56.5 Å². The predicted molar refractivity (Wildman–Crippen MR) is 308 cm³/mol. The van der Waals surface area contributed by atoms with Gasteiger partial charge in [-0.1, -0.05) is 54.7 Å². The molecule has 0 aliphatic carbocycles.